The van der Waals surface area contributed by atoms with E-state index in [1.165, 1.54) is 0 Å². The first-order chi connectivity index (χ1) is 12.9. The lowest BCUT2D eigenvalue weighted by molar-refractivity contribution is -0.136. The Hall–Kier alpha value is -1.67. The Kier molecular flexibility index (Phi) is 6.37. The molecule has 1 saturated carbocycles. The fourth-order valence-corrected chi connectivity index (χ4v) is 5.54. The molecule has 1 aromatic rings. The zero-order valence-electron chi connectivity index (χ0n) is 16.2. The van der Waals surface area contributed by atoms with Gasteiger partial charge >= 0.3 is 0 Å². The van der Waals surface area contributed by atoms with Crippen LogP contribution in [0.4, 0.5) is 5.82 Å². The molecule has 1 N–H and O–H groups in total. The van der Waals surface area contributed by atoms with Crippen molar-refractivity contribution in [2.75, 3.05) is 32.1 Å². The number of nitrogens with zero attached hydrogens (tertiary/aromatic N) is 3. The normalized spacial score (nSPS) is 21.4. The highest BCUT2D eigenvalue weighted by molar-refractivity contribution is 7.90. The molecule has 0 radical (unpaired) electrons. The van der Waals surface area contributed by atoms with Crippen LogP contribution in [0.15, 0.2) is 18.3 Å². The van der Waals surface area contributed by atoms with Crippen LogP contribution in [-0.2, 0) is 21.4 Å². The van der Waals surface area contributed by atoms with Gasteiger partial charge in [0.15, 0.2) is 0 Å². The molecule has 0 bridgehead atoms. The molecule has 1 saturated heterocycles. The third-order valence-electron chi connectivity index (χ3n) is 5.59. The molecule has 1 aliphatic carbocycles. The smallest absolute Gasteiger partial charge is 0.225 e. The van der Waals surface area contributed by atoms with E-state index in [4.69, 9.17) is 0 Å². The van der Waals surface area contributed by atoms with E-state index in [-0.39, 0.29) is 18.4 Å². The Balaban J connectivity index is 1.63. The van der Waals surface area contributed by atoms with Crippen molar-refractivity contribution in [3.8, 4) is 0 Å². The number of nitrogens with one attached hydrogen (secondary N) is 1. The minimum Gasteiger partial charge on any atom is -0.362 e. The molecule has 1 aliphatic heterocycles. The van der Waals surface area contributed by atoms with Gasteiger partial charge in [-0.25, -0.2) is 18.1 Å². The Bertz CT molecular complexity index is 760. The first-order valence-electron chi connectivity index (χ1n) is 9.77. The maximum absolute atomic E-state index is 12.8. The molecule has 150 valence electrons. The number of carbonyl (C=O) groups is 1. The highest BCUT2D eigenvalue weighted by Crippen LogP contribution is 2.28. The number of sulfonamides is 1. The zero-order chi connectivity index (χ0) is 19.4. The van der Waals surface area contributed by atoms with Gasteiger partial charge in [0.2, 0.25) is 15.9 Å². The lowest BCUT2D eigenvalue weighted by Crippen LogP contribution is -2.49. The number of piperidine rings is 1. The van der Waals surface area contributed by atoms with E-state index in [2.05, 4.69) is 9.71 Å². The van der Waals surface area contributed by atoms with Crippen LogP contribution in [0.3, 0.4) is 0 Å². The average Bonchev–Trinajstić information content (AvgIpc) is 3.21. The summed E-state index contributed by atoms with van der Waals surface area (Å²) < 4.78 is 28.4. The highest BCUT2D eigenvalue weighted by Gasteiger charge is 2.35. The van der Waals surface area contributed by atoms with Gasteiger partial charge in [-0.2, -0.15) is 0 Å². The van der Waals surface area contributed by atoms with E-state index in [0.717, 1.165) is 43.5 Å². The predicted molar refractivity (Wildman–Crippen MR) is 106 cm³/mol. The summed E-state index contributed by atoms with van der Waals surface area (Å²) in [7, 11) is 0.262. The van der Waals surface area contributed by atoms with Crippen LogP contribution >= 0.6 is 0 Å². The largest absolute Gasteiger partial charge is 0.362 e. The molecule has 2 fully saturated rings. The monoisotopic (exact) mass is 394 g/mol. The van der Waals surface area contributed by atoms with Crippen LogP contribution in [-0.4, -0.2) is 56.6 Å². The third-order valence-corrected chi connectivity index (χ3v) is 7.40. The lowest BCUT2D eigenvalue weighted by atomic mass is 10.0. The van der Waals surface area contributed by atoms with Crippen LogP contribution < -0.4 is 9.62 Å². The Morgan fingerprint density at radius 2 is 2.00 bits per heavy atom. The molecule has 2 heterocycles. The van der Waals surface area contributed by atoms with Gasteiger partial charge in [-0.05, 0) is 31.7 Å². The number of likely N-dealkylation sites (tertiary alicyclic amines) is 1. The van der Waals surface area contributed by atoms with E-state index in [1.807, 2.05) is 25.1 Å². The average molecular weight is 395 g/mol. The Morgan fingerprint density at radius 3 is 2.70 bits per heavy atom. The second-order valence-electron chi connectivity index (χ2n) is 7.78. The van der Waals surface area contributed by atoms with Crippen molar-refractivity contribution in [1.29, 1.82) is 0 Å². The number of amides is 1. The lowest BCUT2D eigenvalue weighted by Gasteiger charge is -2.34. The summed E-state index contributed by atoms with van der Waals surface area (Å²) in [5, 5.41) is -0.545. The zero-order valence-corrected chi connectivity index (χ0v) is 17.0. The quantitative estimate of drug-likeness (QED) is 0.795. The molecule has 0 aromatic carbocycles. The molecule has 1 atom stereocenters. The molecule has 1 amide bonds. The number of pyridine rings is 1. The summed E-state index contributed by atoms with van der Waals surface area (Å²) in [5.41, 5.74) is 0.834. The van der Waals surface area contributed by atoms with Gasteiger partial charge in [0.05, 0.1) is 5.25 Å². The molecule has 1 unspecified atom stereocenters. The van der Waals surface area contributed by atoms with Crippen LogP contribution in [0, 0.1) is 5.92 Å². The van der Waals surface area contributed by atoms with Crippen molar-refractivity contribution in [1.82, 2.24) is 14.6 Å². The predicted octanol–water partition coefficient (Wildman–Crippen LogP) is 1.75. The second kappa shape index (κ2) is 8.56. The number of hydrogen-bond donors (Lipinski definition) is 1. The summed E-state index contributed by atoms with van der Waals surface area (Å²) in [6.07, 6.45) is 7.12. The molecular weight excluding hydrogens is 364 g/mol. The summed E-state index contributed by atoms with van der Waals surface area (Å²) >= 11 is 0. The van der Waals surface area contributed by atoms with E-state index in [0.29, 0.717) is 19.5 Å². The SMILES string of the molecule is CN(C)c1ncccc1CNS(=O)(=O)C1CCCN(C(=O)C2CCCC2)C1. The molecule has 7 nitrogen and oxygen atoms in total. The highest BCUT2D eigenvalue weighted by atomic mass is 32.2. The van der Waals surface area contributed by atoms with E-state index in [1.54, 1.807) is 17.2 Å². The molecular formula is C19H30N4O3S. The fraction of sp³-hybridized carbons (Fsp3) is 0.684. The number of aromatic nitrogens is 1. The van der Waals surface area contributed by atoms with Crippen molar-refractivity contribution in [3.63, 3.8) is 0 Å². The van der Waals surface area contributed by atoms with Gasteiger partial charge in [-0.1, -0.05) is 18.9 Å². The van der Waals surface area contributed by atoms with E-state index in [9.17, 15) is 13.2 Å². The summed E-state index contributed by atoms with van der Waals surface area (Å²) in [4.78, 5) is 20.6. The maximum atomic E-state index is 12.8. The summed E-state index contributed by atoms with van der Waals surface area (Å²) in [5.74, 6) is 0.994. The molecule has 8 heteroatoms. The standard InChI is InChI=1S/C19H30N4O3S/c1-22(2)18-16(9-5-11-20-18)13-21-27(25,26)17-10-6-12-23(14-17)19(24)15-7-3-4-8-15/h5,9,11,15,17,21H,3-4,6-8,10,12-14H2,1-2H3. The van der Waals surface area contributed by atoms with Gasteiger partial charge in [0.1, 0.15) is 5.82 Å². The van der Waals surface area contributed by atoms with Crippen molar-refractivity contribution in [2.45, 2.75) is 50.3 Å². The molecule has 1 aromatic heterocycles. The number of anilines is 1. The van der Waals surface area contributed by atoms with Gasteiger partial charge in [-0.3, -0.25) is 4.79 Å². The maximum Gasteiger partial charge on any atom is 0.225 e. The van der Waals surface area contributed by atoms with Crippen molar-refractivity contribution in [2.24, 2.45) is 5.92 Å². The van der Waals surface area contributed by atoms with Gasteiger partial charge in [0, 0.05) is 51.4 Å². The molecule has 3 rings (SSSR count). The minimum absolute atomic E-state index is 0.0949. The van der Waals surface area contributed by atoms with Crippen molar-refractivity contribution >= 4 is 21.7 Å². The topological polar surface area (TPSA) is 82.6 Å². The Morgan fingerprint density at radius 1 is 1.26 bits per heavy atom. The number of carbonyl (C=O) groups excluding carboxylic acids is 1. The summed E-state index contributed by atoms with van der Waals surface area (Å²) in [6.45, 7) is 1.18. The van der Waals surface area contributed by atoms with Crippen LogP contribution in [0.1, 0.15) is 44.1 Å². The van der Waals surface area contributed by atoms with Gasteiger partial charge < -0.3 is 9.80 Å². The molecule has 2 aliphatic rings. The molecule has 0 spiro atoms. The molecule has 27 heavy (non-hydrogen) atoms. The third kappa shape index (κ3) is 4.79. The minimum atomic E-state index is -3.50. The number of hydrogen-bond acceptors (Lipinski definition) is 5. The first-order valence-corrected chi connectivity index (χ1v) is 11.3. The van der Waals surface area contributed by atoms with E-state index >= 15 is 0 Å². The van der Waals surface area contributed by atoms with Gasteiger partial charge in [0.25, 0.3) is 0 Å². The summed E-state index contributed by atoms with van der Waals surface area (Å²) in [6, 6.07) is 3.68. The second-order valence-corrected chi connectivity index (χ2v) is 9.82. The van der Waals surface area contributed by atoms with Crippen LogP contribution in [0.5, 0.6) is 0 Å². The Labute approximate surface area is 162 Å². The fourth-order valence-electron chi connectivity index (χ4n) is 4.09. The van der Waals surface area contributed by atoms with E-state index < -0.39 is 15.3 Å². The van der Waals surface area contributed by atoms with Crippen molar-refractivity contribution < 1.29 is 13.2 Å². The van der Waals surface area contributed by atoms with Crippen LogP contribution in [0.2, 0.25) is 0 Å². The van der Waals surface area contributed by atoms with Gasteiger partial charge in [-0.15, -0.1) is 0 Å². The number of rotatable bonds is 6. The van der Waals surface area contributed by atoms with Crippen molar-refractivity contribution in [3.05, 3.63) is 23.9 Å². The van der Waals surface area contributed by atoms with Crippen LogP contribution in [0.25, 0.3) is 0 Å². The first kappa shape index (κ1) is 20.1.